The quantitative estimate of drug-likeness (QED) is 0.577. The van der Waals surface area contributed by atoms with Crippen molar-refractivity contribution < 1.29 is 9.82 Å². The summed E-state index contributed by atoms with van der Waals surface area (Å²) in [5, 5.41) is 9.37. The predicted molar refractivity (Wildman–Crippen MR) is 48.8 cm³/mol. The van der Waals surface area contributed by atoms with Gasteiger partial charge in [-0.2, -0.15) is 0 Å². The average molecular weight is 169 g/mol. The molecule has 0 aromatic heterocycles. The molecule has 0 aliphatic carbocycles. The largest absolute Gasteiger partial charge is 0.437 e. The maximum Gasteiger partial charge on any atom is 0.376 e. The topological polar surface area (TPSA) is 40.5 Å². The van der Waals surface area contributed by atoms with Crippen molar-refractivity contribution in [1.82, 2.24) is 4.81 Å². The van der Waals surface area contributed by atoms with E-state index in [4.69, 9.17) is 0 Å². The van der Waals surface area contributed by atoms with Gasteiger partial charge in [0.2, 0.25) is 0 Å². The molecule has 0 radical (unpaired) electrons. The first-order valence-corrected chi connectivity index (χ1v) is 4.49. The molecule has 0 saturated carbocycles. The van der Waals surface area contributed by atoms with Crippen LogP contribution >= 0.6 is 0 Å². The van der Waals surface area contributed by atoms with Crippen LogP contribution in [0.5, 0.6) is 0 Å². The number of hydrogen-bond acceptors (Lipinski definition) is 3. The monoisotopic (exact) mass is 169 g/mol. The van der Waals surface area contributed by atoms with Gasteiger partial charge in [-0.1, -0.05) is 13.8 Å². The second-order valence-electron chi connectivity index (χ2n) is 3.75. The van der Waals surface area contributed by atoms with E-state index in [1.54, 1.807) is 6.82 Å². The second kappa shape index (κ2) is 3.58. The van der Waals surface area contributed by atoms with E-state index >= 15 is 0 Å². The van der Waals surface area contributed by atoms with Crippen LogP contribution in [0.4, 0.5) is 0 Å². The number of Topliss-reactive ketones (excluding diaryl/α,β-unsaturated/α-hetero) is 1. The summed E-state index contributed by atoms with van der Waals surface area (Å²) in [5.74, 6) is 0.398. The molecule has 1 rings (SSSR count). The van der Waals surface area contributed by atoms with Crippen LogP contribution in [0.25, 0.3) is 0 Å². The summed E-state index contributed by atoms with van der Waals surface area (Å²) in [5.41, 5.74) is 0. The normalized spacial score (nSPS) is 32.2. The Morgan fingerprint density at radius 1 is 1.58 bits per heavy atom. The van der Waals surface area contributed by atoms with Gasteiger partial charge in [0.25, 0.3) is 0 Å². The summed E-state index contributed by atoms with van der Waals surface area (Å²) in [6.45, 7) is 6.34. The molecule has 1 saturated heterocycles. The standard InChI is InChI=1S/C8H16BNO2/c1-6-5-10(9(3)12)7(2)4-8(6)11/h6-7,12H,4-5H2,1-3H3. The third kappa shape index (κ3) is 1.87. The summed E-state index contributed by atoms with van der Waals surface area (Å²) >= 11 is 0. The van der Waals surface area contributed by atoms with E-state index < -0.39 is 7.05 Å². The SMILES string of the molecule is CB(O)N1CC(C)C(=O)CC1C. The highest BCUT2D eigenvalue weighted by atomic mass is 16.2. The van der Waals surface area contributed by atoms with Crippen molar-refractivity contribution in [2.75, 3.05) is 6.54 Å². The van der Waals surface area contributed by atoms with Gasteiger partial charge in [0.15, 0.2) is 0 Å². The van der Waals surface area contributed by atoms with Crippen LogP contribution in [-0.2, 0) is 4.79 Å². The highest BCUT2D eigenvalue weighted by Gasteiger charge is 2.32. The molecule has 0 aromatic rings. The smallest absolute Gasteiger partial charge is 0.376 e. The highest BCUT2D eigenvalue weighted by molar-refractivity contribution is 6.45. The van der Waals surface area contributed by atoms with Crippen molar-refractivity contribution in [3.8, 4) is 0 Å². The molecule has 1 N–H and O–H groups in total. The highest BCUT2D eigenvalue weighted by Crippen LogP contribution is 2.18. The molecular formula is C8H16BNO2. The molecule has 1 heterocycles. The minimum absolute atomic E-state index is 0.0794. The number of hydrogen-bond donors (Lipinski definition) is 1. The molecular weight excluding hydrogens is 153 g/mol. The van der Waals surface area contributed by atoms with Gasteiger partial charge >= 0.3 is 7.05 Å². The van der Waals surface area contributed by atoms with Crippen molar-refractivity contribution in [1.29, 1.82) is 0 Å². The molecule has 2 unspecified atom stereocenters. The molecule has 12 heavy (non-hydrogen) atoms. The minimum atomic E-state index is -0.435. The van der Waals surface area contributed by atoms with E-state index in [-0.39, 0.29) is 12.0 Å². The lowest BCUT2D eigenvalue weighted by Crippen LogP contribution is -2.51. The third-order valence-electron chi connectivity index (χ3n) is 2.58. The number of carbonyl (C=O) groups is 1. The van der Waals surface area contributed by atoms with Gasteiger partial charge in [-0.25, -0.2) is 0 Å². The van der Waals surface area contributed by atoms with Crippen molar-refractivity contribution in [2.45, 2.75) is 33.1 Å². The fourth-order valence-electron chi connectivity index (χ4n) is 1.73. The molecule has 1 aliphatic heterocycles. The summed E-state index contributed by atoms with van der Waals surface area (Å²) in [4.78, 5) is 13.2. The minimum Gasteiger partial charge on any atom is -0.437 e. The maximum absolute atomic E-state index is 11.3. The van der Waals surface area contributed by atoms with Gasteiger partial charge in [0, 0.05) is 18.4 Å². The lowest BCUT2D eigenvalue weighted by molar-refractivity contribution is -0.125. The summed E-state index contributed by atoms with van der Waals surface area (Å²) in [6.07, 6.45) is 0.575. The average Bonchev–Trinajstić information content (AvgIpc) is 1.96. The summed E-state index contributed by atoms with van der Waals surface area (Å²) in [7, 11) is -0.435. The van der Waals surface area contributed by atoms with E-state index in [0.29, 0.717) is 18.7 Å². The van der Waals surface area contributed by atoms with Crippen LogP contribution in [0.1, 0.15) is 20.3 Å². The first-order valence-electron chi connectivity index (χ1n) is 4.49. The van der Waals surface area contributed by atoms with Crippen molar-refractivity contribution in [3.05, 3.63) is 0 Å². The fourth-order valence-corrected chi connectivity index (χ4v) is 1.73. The summed E-state index contributed by atoms with van der Waals surface area (Å²) in [6, 6.07) is 0.189. The Labute approximate surface area is 73.9 Å². The number of piperidine rings is 1. The number of carbonyl (C=O) groups excluding carboxylic acids is 1. The Morgan fingerprint density at radius 3 is 2.67 bits per heavy atom. The van der Waals surface area contributed by atoms with Gasteiger partial charge in [0.1, 0.15) is 5.78 Å². The second-order valence-corrected chi connectivity index (χ2v) is 3.75. The van der Waals surface area contributed by atoms with Crippen molar-refractivity contribution in [3.63, 3.8) is 0 Å². The molecule has 0 aromatic carbocycles. The van der Waals surface area contributed by atoms with E-state index in [9.17, 15) is 9.82 Å². The van der Waals surface area contributed by atoms with Crippen LogP contribution in [-0.4, -0.2) is 35.3 Å². The van der Waals surface area contributed by atoms with Crippen molar-refractivity contribution in [2.24, 2.45) is 5.92 Å². The number of rotatable bonds is 1. The fraction of sp³-hybridized carbons (Fsp3) is 0.875. The molecule has 1 fully saturated rings. The Hall–Kier alpha value is -0.345. The lowest BCUT2D eigenvalue weighted by atomic mass is 9.78. The Balaban J connectivity index is 2.61. The maximum atomic E-state index is 11.3. The Kier molecular flexibility index (Phi) is 2.91. The van der Waals surface area contributed by atoms with Crippen LogP contribution in [0.2, 0.25) is 6.82 Å². The van der Waals surface area contributed by atoms with E-state index in [2.05, 4.69) is 0 Å². The zero-order valence-corrected chi connectivity index (χ0v) is 7.95. The predicted octanol–water partition coefficient (Wildman–Crippen LogP) is 0.396. The van der Waals surface area contributed by atoms with Crippen molar-refractivity contribution >= 4 is 12.8 Å². The Morgan fingerprint density at radius 2 is 2.17 bits per heavy atom. The van der Waals surface area contributed by atoms with E-state index in [1.165, 1.54) is 0 Å². The molecule has 0 bridgehead atoms. The van der Waals surface area contributed by atoms with E-state index in [0.717, 1.165) is 0 Å². The van der Waals surface area contributed by atoms with E-state index in [1.807, 2.05) is 18.7 Å². The molecule has 68 valence electrons. The molecule has 3 nitrogen and oxygen atoms in total. The molecule has 0 spiro atoms. The van der Waals surface area contributed by atoms with Crippen LogP contribution < -0.4 is 0 Å². The zero-order valence-electron chi connectivity index (χ0n) is 7.95. The van der Waals surface area contributed by atoms with Gasteiger partial charge in [-0.05, 0) is 13.4 Å². The molecule has 0 amide bonds. The first-order chi connectivity index (χ1) is 5.52. The van der Waals surface area contributed by atoms with Gasteiger partial charge in [-0.15, -0.1) is 0 Å². The first kappa shape index (κ1) is 9.74. The number of ketones is 1. The van der Waals surface area contributed by atoms with Crippen LogP contribution in [0.3, 0.4) is 0 Å². The molecule has 2 atom stereocenters. The Bertz CT molecular complexity index is 184. The van der Waals surface area contributed by atoms with Gasteiger partial charge < -0.3 is 9.83 Å². The third-order valence-corrected chi connectivity index (χ3v) is 2.58. The molecule has 1 aliphatic rings. The summed E-state index contributed by atoms with van der Waals surface area (Å²) < 4.78 is 0. The number of nitrogens with zero attached hydrogens (tertiary/aromatic N) is 1. The zero-order chi connectivity index (χ0) is 9.30. The van der Waals surface area contributed by atoms with Gasteiger partial charge in [0.05, 0.1) is 0 Å². The molecule has 4 heteroatoms. The van der Waals surface area contributed by atoms with Crippen LogP contribution in [0, 0.1) is 5.92 Å². The lowest BCUT2D eigenvalue weighted by Gasteiger charge is -2.36. The van der Waals surface area contributed by atoms with Crippen LogP contribution in [0.15, 0.2) is 0 Å². The van der Waals surface area contributed by atoms with Gasteiger partial charge in [-0.3, -0.25) is 4.79 Å².